The lowest BCUT2D eigenvalue weighted by Gasteiger charge is -2.47. The Bertz CT molecular complexity index is 349. The molecule has 0 bridgehead atoms. The zero-order chi connectivity index (χ0) is 11.0. The number of hydrogen-bond donors (Lipinski definition) is 0. The molecular weight excluding hydrogens is 240 g/mol. The van der Waals surface area contributed by atoms with E-state index in [1.165, 1.54) is 30.3 Å². The van der Waals surface area contributed by atoms with Crippen LogP contribution in [0.2, 0.25) is 0 Å². The number of likely N-dealkylation sites (tertiary alicyclic amines) is 1. The first-order chi connectivity index (χ1) is 7.80. The zero-order valence-corrected chi connectivity index (χ0v) is 11.0. The summed E-state index contributed by atoms with van der Waals surface area (Å²) in [6.45, 7) is 3.44. The van der Waals surface area contributed by atoms with Crippen LogP contribution in [0.1, 0.15) is 11.4 Å². The van der Waals surface area contributed by atoms with Crippen molar-refractivity contribution in [3.8, 4) is 0 Å². The van der Waals surface area contributed by atoms with Gasteiger partial charge in [-0.3, -0.25) is 4.90 Å². The number of nitrogens with zero attached hydrogens (tertiary/aromatic N) is 2. The van der Waals surface area contributed by atoms with Crippen molar-refractivity contribution in [1.29, 1.82) is 0 Å². The van der Waals surface area contributed by atoms with Crippen molar-refractivity contribution in [1.82, 2.24) is 9.88 Å². The quantitative estimate of drug-likeness (QED) is 0.824. The fourth-order valence-electron chi connectivity index (χ4n) is 2.58. The zero-order valence-electron chi connectivity index (χ0n) is 9.39. The molecule has 0 saturated carbocycles. The van der Waals surface area contributed by atoms with Gasteiger partial charge in [0.05, 0.1) is 12.6 Å². The van der Waals surface area contributed by atoms with Crippen molar-refractivity contribution in [3.05, 3.63) is 16.6 Å². The van der Waals surface area contributed by atoms with Crippen LogP contribution in [-0.4, -0.2) is 46.7 Å². The second-order valence-electron chi connectivity index (χ2n) is 4.63. The van der Waals surface area contributed by atoms with Crippen molar-refractivity contribution in [2.45, 2.75) is 23.8 Å². The number of thioether (sulfide) groups is 1. The Morgan fingerprint density at radius 2 is 2.50 bits per heavy atom. The van der Waals surface area contributed by atoms with E-state index in [0.717, 1.165) is 6.54 Å². The molecule has 0 amide bonds. The van der Waals surface area contributed by atoms with Gasteiger partial charge in [0.15, 0.2) is 0 Å². The first-order valence-corrected chi connectivity index (χ1v) is 7.44. The second-order valence-corrected chi connectivity index (χ2v) is 7.09. The van der Waals surface area contributed by atoms with Gasteiger partial charge in [-0.05, 0) is 6.42 Å². The third kappa shape index (κ3) is 2.01. The van der Waals surface area contributed by atoms with E-state index in [2.05, 4.69) is 27.0 Å². The number of rotatable bonds is 3. The summed E-state index contributed by atoms with van der Waals surface area (Å²) < 4.78 is 5.93. The Labute approximate surface area is 104 Å². The molecular formula is C11H16N2OS2. The summed E-state index contributed by atoms with van der Waals surface area (Å²) in [4.78, 5) is 6.82. The van der Waals surface area contributed by atoms with Gasteiger partial charge in [-0.2, -0.15) is 0 Å². The molecule has 3 nitrogen and oxygen atoms in total. The lowest BCUT2D eigenvalue weighted by Crippen LogP contribution is -2.58. The Hall–Kier alpha value is -0.100. The van der Waals surface area contributed by atoms with Gasteiger partial charge in [0.25, 0.3) is 0 Å². The van der Waals surface area contributed by atoms with Crippen molar-refractivity contribution < 1.29 is 4.74 Å². The van der Waals surface area contributed by atoms with Crippen LogP contribution in [-0.2, 0) is 11.3 Å². The van der Waals surface area contributed by atoms with Crippen LogP contribution in [0.25, 0.3) is 0 Å². The molecule has 88 valence electrons. The van der Waals surface area contributed by atoms with Crippen LogP contribution in [0.3, 0.4) is 0 Å². The standard InChI is InChI=1S/C11H16N2OS2/c1-14-9-4-11(16-6-9)7-13(8-11)5-10-12-2-3-15-10/h2-3,9H,4-8H2,1H3. The molecule has 16 heavy (non-hydrogen) atoms. The van der Waals surface area contributed by atoms with Crippen LogP contribution in [0.15, 0.2) is 11.6 Å². The van der Waals surface area contributed by atoms with Gasteiger partial charge in [0.2, 0.25) is 0 Å². The monoisotopic (exact) mass is 256 g/mol. The van der Waals surface area contributed by atoms with Crippen LogP contribution in [0.5, 0.6) is 0 Å². The Kier molecular flexibility index (Phi) is 2.96. The van der Waals surface area contributed by atoms with Gasteiger partial charge < -0.3 is 4.74 Å². The highest BCUT2D eigenvalue weighted by Crippen LogP contribution is 2.46. The summed E-state index contributed by atoms with van der Waals surface area (Å²) in [5, 5.41) is 3.29. The molecule has 1 unspecified atom stereocenters. The van der Waals surface area contributed by atoms with Crippen molar-refractivity contribution >= 4 is 23.1 Å². The fraction of sp³-hybridized carbons (Fsp3) is 0.727. The first-order valence-electron chi connectivity index (χ1n) is 5.57. The van der Waals surface area contributed by atoms with Crippen LogP contribution < -0.4 is 0 Å². The maximum atomic E-state index is 5.43. The number of aromatic nitrogens is 1. The smallest absolute Gasteiger partial charge is 0.107 e. The van der Waals surface area contributed by atoms with Crippen molar-refractivity contribution in [2.24, 2.45) is 0 Å². The van der Waals surface area contributed by atoms with Crippen LogP contribution >= 0.6 is 23.1 Å². The molecule has 2 saturated heterocycles. The summed E-state index contributed by atoms with van der Waals surface area (Å²) in [6.07, 6.45) is 3.59. The number of methoxy groups -OCH3 is 1. The average molecular weight is 256 g/mol. The number of ether oxygens (including phenoxy) is 1. The molecule has 1 atom stereocenters. The molecule has 1 spiro atoms. The van der Waals surface area contributed by atoms with Crippen LogP contribution in [0, 0.1) is 0 Å². The minimum Gasteiger partial charge on any atom is -0.381 e. The van der Waals surface area contributed by atoms with Crippen molar-refractivity contribution in [3.63, 3.8) is 0 Å². The number of thiazole rings is 1. The van der Waals surface area contributed by atoms with E-state index in [1.54, 1.807) is 11.3 Å². The van der Waals surface area contributed by atoms with E-state index in [4.69, 9.17) is 4.74 Å². The maximum Gasteiger partial charge on any atom is 0.107 e. The molecule has 5 heteroatoms. The predicted octanol–water partition coefficient (Wildman–Crippen LogP) is 1.85. The van der Waals surface area contributed by atoms with E-state index < -0.39 is 0 Å². The second kappa shape index (κ2) is 4.29. The highest BCUT2D eigenvalue weighted by Gasteiger charge is 2.48. The third-order valence-corrected chi connectivity index (χ3v) is 5.71. The maximum absolute atomic E-state index is 5.43. The first kappa shape index (κ1) is 11.0. The van der Waals surface area contributed by atoms with Gasteiger partial charge in [-0.15, -0.1) is 23.1 Å². The average Bonchev–Trinajstić information content (AvgIpc) is 2.85. The normalized spacial score (nSPS) is 28.4. The van der Waals surface area contributed by atoms with E-state index in [9.17, 15) is 0 Å². The van der Waals surface area contributed by atoms with Gasteiger partial charge >= 0.3 is 0 Å². The van der Waals surface area contributed by atoms with E-state index in [0.29, 0.717) is 10.9 Å². The summed E-state index contributed by atoms with van der Waals surface area (Å²) in [6, 6.07) is 0. The van der Waals surface area contributed by atoms with Crippen molar-refractivity contribution in [2.75, 3.05) is 26.0 Å². The topological polar surface area (TPSA) is 25.4 Å². The minimum absolute atomic E-state index is 0.479. The molecule has 1 aromatic rings. The van der Waals surface area contributed by atoms with Gasteiger partial charge in [-0.1, -0.05) is 0 Å². The van der Waals surface area contributed by atoms with E-state index in [-0.39, 0.29) is 0 Å². The molecule has 0 radical (unpaired) electrons. The summed E-state index contributed by atoms with van der Waals surface area (Å²) in [5.41, 5.74) is 0. The summed E-state index contributed by atoms with van der Waals surface area (Å²) in [5.74, 6) is 1.17. The van der Waals surface area contributed by atoms with E-state index in [1.807, 2.05) is 13.3 Å². The Balaban J connectivity index is 1.51. The Morgan fingerprint density at radius 3 is 3.12 bits per heavy atom. The molecule has 3 rings (SSSR count). The highest BCUT2D eigenvalue weighted by atomic mass is 32.2. The lowest BCUT2D eigenvalue weighted by atomic mass is 9.93. The molecule has 2 aliphatic rings. The number of hydrogen-bond acceptors (Lipinski definition) is 5. The van der Waals surface area contributed by atoms with Crippen LogP contribution in [0.4, 0.5) is 0 Å². The van der Waals surface area contributed by atoms with Gasteiger partial charge in [-0.25, -0.2) is 4.98 Å². The minimum atomic E-state index is 0.479. The SMILES string of the molecule is COC1CSC2(C1)CN(Cc1nccs1)C2. The highest BCUT2D eigenvalue weighted by molar-refractivity contribution is 8.01. The largest absolute Gasteiger partial charge is 0.381 e. The predicted molar refractivity (Wildman–Crippen MR) is 68.0 cm³/mol. The molecule has 3 heterocycles. The molecule has 2 fully saturated rings. The van der Waals surface area contributed by atoms with E-state index >= 15 is 0 Å². The Morgan fingerprint density at radius 1 is 1.62 bits per heavy atom. The fourth-order valence-corrected chi connectivity index (χ4v) is 4.88. The molecule has 0 aliphatic carbocycles. The van der Waals surface area contributed by atoms with Gasteiger partial charge in [0, 0.05) is 42.3 Å². The third-order valence-electron chi connectivity index (χ3n) is 3.37. The molecule has 0 aromatic carbocycles. The summed E-state index contributed by atoms with van der Waals surface area (Å²) >= 11 is 3.85. The van der Waals surface area contributed by atoms with Gasteiger partial charge in [0.1, 0.15) is 5.01 Å². The molecule has 1 aromatic heterocycles. The molecule has 2 aliphatic heterocycles. The summed E-state index contributed by atoms with van der Waals surface area (Å²) in [7, 11) is 1.83. The molecule has 0 N–H and O–H groups in total. The lowest BCUT2D eigenvalue weighted by molar-refractivity contribution is 0.0631.